The molecular formula is C90H130B3Br2F19N18O6. The zero-order valence-corrected chi connectivity index (χ0v) is 83.4. The van der Waals surface area contributed by atoms with E-state index >= 15 is 0 Å². The van der Waals surface area contributed by atoms with Crippen LogP contribution in [0.5, 0.6) is 0 Å². The summed E-state index contributed by atoms with van der Waals surface area (Å²) in [6.45, 7) is 44.4. The summed E-state index contributed by atoms with van der Waals surface area (Å²) in [6.07, 6.45) is -4.40. The molecule has 9 aliphatic rings. The van der Waals surface area contributed by atoms with Crippen LogP contribution in [0.1, 0.15) is 194 Å². The molecule has 9 saturated heterocycles. The molecule has 7 N–H and O–H groups in total. The van der Waals surface area contributed by atoms with Crippen LogP contribution in [0.15, 0.2) is 101 Å². The van der Waals surface area contributed by atoms with Crippen LogP contribution in [0, 0.1) is 5.95 Å². The first-order valence-electron chi connectivity index (χ1n) is 46.5. The van der Waals surface area contributed by atoms with Crippen LogP contribution in [0.25, 0.3) is 0 Å². The molecule has 24 nitrogen and oxygen atoms in total. The Morgan fingerprint density at radius 1 is 0.312 bits per heavy atom. The Hall–Kier alpha value is -6.80. The highest BCUT2D eigenvalue weighted by atomic mass is 79.9. The second kappa shape index (κ2) is 51.6. The molecule has 0 unspecified atom stereocenters. The minimum absolute atomic E-state index is 0.0794. The Kier molecular flexibility index (Phi) is 43.6. The van der Waals surface area contributed by atoms with E-state index in [2.05, 4.69) is 118 Å². The van der Waals surface area contributed by atoms with Gasteiger partial charge in [0.15, 0.2) is 0 Å². The molecule has 0 amide bonds. The molecule has 0 spiro atoms. The summed E-state index contributed by atoms with van der Waals surface area (Å²) in [5.74, 6) is -2.00. The lowest BCUT2D eigenvalue weighted by atomic mass is 9.49. The van der Waals surface area contributed by atoms with Crippen molar-refractivity contribution in [3.63, 3.8) is 0 Å². The summed E-state index contributed by atoms with van der Waals surface area (Å²) in [4.78, 5) is 35.6. The van der Waals surface area contributed by atoms with E-state index in [1.54, 1.807) is 0 Å². The summed E-state index contributed by atoms with van der Waals surface area (Å²) in [7, 11) is -1.82. The first-order chi connectivity index (χ1) is 64.4. The molecule has 0 bridgehead atoms. The number of nitrogens with zero attached hydrogens (tertiary/aromatic N) is 12. The molecule has 9 fully saturated rings. The summed E-state index contributed by atoms with van der Waals surface area (Å²) < 4.78 is 278. The molecule has 0 atom stereocenters. The summed E-state index contributed by atoms with van der Waals surface area (Å²) in [5, 5.41) is 14.0. The molecule has 6 aromatic heterocycles. The van der Waals surface area contributed by atoms with E-state index in [9.17, 15) is 83.4 Å². The van der Waals surface area contributed by atoms with Gasteiger partial charge in [0, 0.05) is 130 Å². The fraction of sp³-hybridized carbons (Fsp3) is 0.667. The van der Waals surface area contributed by atoms with Crippen LogP contribution in [0.3, 0.4) is 0 Å². The summed E-state index contributed by atoms with van der Waals surface area (Å²) in [5.41, 5.74) is -2.05. The zero-order valence-electron chi connectivity index (χ0n) is 80.2. The van der Waals surface area contributed by atoms with Crippen LogP contribution in [-0.2, 0) is 65.0 Å². The quantitative estimate of drug-likeness (QED) is 0.0188. The predicted molar refractivity (Wildman–Crippen MR) is 504 cm³/mol. The maximum atomic E-state index is 13.6. The minimum Gasteiger partial charge on any atom is -0.405 e. The normalized spacial score (nSPS) is 19.9. The molecule has 15 rings (SSSR count). The number of pyridine rings is 6. The molecule has 0 aliphatic carbocycles. The van der Waals surface area contributed by atoms with Gasteiger partial charge in [-0.15, -0.1) is 0 Å². The maximum absolute atomic E-state index is 13.6. The molecule has 9 aliphatic heterocycles. The van der Waals surface area contributed by atoms with Crippen molar-refractivity contribution in [2.45, 2.75) is 231 Å². The van der Waals surface area contributed by atoms with Gasteiger partial charge in [0.2, 0.25) is 5.95 Å². The van der Waals surface area contributed by atoms with Crippen LogP contribution in [-0.4, -0.2) is 271 Å². The predicted octanol–water partition coefficient (Wildman–Crippen LogP) is 19.4. The van der Waals surface area contributed by atoms with Crippen molar-refractivity contribution in [3.05, 3.63) is 140 Å². The molecule has 0 aromatic carbocycles. The molecule has 48 heteroatoms. The van der Waals surface area contributed by atoms with E-state index in [0.29, 0.717) is 54.3 Å². The van der Waals surface area contributed by atoms with Gasteiger partial charge < -0.3 is 89.6 Å². The van der Waals surface area contributed by atoms with Gasteiger partial charge in [0.1, 0.15) is 34.7 Å². The highest BCUT2D eigenvalue weighted by Crippen LogP contribution is 2.45. The Bertz CT molecular complexity index is 4420. The summed E-state index contributed by atoms with van der Waals surface area (Å²) in [6, 6.07) is 9.54. The van der Waals surface area contributed by atoms with Crippen LogP contribution in [0.2, 0.25) is 0 Å². The van der Waals surface area contributed by atoms with Crippen LogP contribution in [0.4, 0.5) is 113 Å². The van der Waals surface area contributed by atoms with Crippen molar-refractivity contribution >= 4 is 87.5 Å². The smallest absolute Gasteiger partial charge is 0.405 e. The average Bonchev–Trinajstić information content (AvgIpc) is 1.59. The SMILES string of the molecule is CC1(C)OB(B2OC(C)(C)C(C)(C)O2)OC1(C)C.CC1(C)OB(c2cnc(NCCN3CCCC3)c(C(F)(F)F)c2)OC1(C)C.FC(F)(F)c1cc(Br)cnc1NCCN1CCCC1.FC(F)(F)c1cc(Br)cnc1NCCN1CCCC1.FC(F)(F)c1cccnc1NCCN1CCCC1.FC(F)(F)c1cccnc1NCCN1CCCC1.Fc1ncccc1C(F)(F)F.NCCN1CCCC1. The Morgan fingerprint density at radius 3 is 0.783 bits per heavy atom. The van der Waals surface area contributed by atoms with Crippen LogP contribution < -0.4 is 37.8 Å². The van der Waals surface area contributed by atoms with Gasteiger partial charge in [-0.2, -0.15) is 83.4 Å². The Balaban J connectivity index is 0.000000197. The van der Waals surface area contributed by atoms with E-state index in [1.165, 1.54) is 120 Å². The number of hydrogen-bond donors (Lipinski definition) is 6. The number of nitrogens with one attached hydrogen (secondary N) is 5. The Morgan fingerprint density at radius 2 is 0.536 bits per heavy atom. The van der Waals surface area contributed by atoms with E-state index in [1.807, 2.05) is 83.1 Å². The highest BCUT2D eigenvalue weighted by molar-refractivity contribution is 9.10. The third-order valence-electron chi connectivity index (χ3n) is 25.4. The fourth-order valence-corrected chi connectivity index (χ4v) is 16.2. The molecule has 0 radical (unpaired) electrons. The van der Waals surface area contributed by atoms with Crippen LogP contribution >= 0.6 is 31.9 Å². The van der Waals surface area contributed by atoms with Gasteiger partial charge in [-0.25, -0.2) is 29.9 Å². The number of nitrogens with two attached hydrogens (primary N) is 1. The number of anilines is 5. The van der Waals surface area contributed by atoms with Gasteiger partial charge in [0.05, 0.1) is 61.4 Å². The molecule has 772 valence electrons. The summed E-state index contributed by atoms with van der Waals surface area (Å²) >= 11 is 6.02. The van der Waals surface area contributed by atoms with E-state index in [4.69, 9.17) is 33.7 Å². The molecular weight excluding hydrogens is 1980 g/mol. The fourth-order valence-electron chi connectivity index (χ4n) is 15.6. The molecule has 138 heavy (non-hydrogen) atoms. The second-order valence-electron chi connectivity index (χ2n) is 37.4. The first-order valence-corrected chi connectivity index (χ1v) is 48.0. The lowest BCUT2D eigenvalue weighted by molar-refractivity contribution is -0.141. The van der Waals surface area contributed by atoms with Gasteiger partial charge >= 0.3 is 58.2 Å². The largest absolute Gasteiger partial charge is 0.496 e. The molecule has 0 saturated carbocycles. The zero-order chi connectivity index (χ0) is 102. The van der Waals surface area contributed by atoms with Gasteiger partial charge in [-0.1, -0.05) is 0 Å². The van der Waals surface area contributed by atoms with Crippen molar-refractivity contribution < 1.29 is 111 Å². The standard InChI is InChI=1S/C18H27BF3N3O2.C12H24B2O4.2C12H15BrF3N3.2C12H16F3N3.C6H3F4N.C6H14N2/c1-16(2)17(3,4)27-19(26-16)13-11-14(18(20,21)22)15(24-12-13)23-7-10-25-8-5-6-9-25;1-9(2)10(3,4)16-13(15-9)14-17-11(5,6)12(7,8)18-14;2*13-9-7-10(12(14,15)16)11(18-8-9)17-3-6-19-4-1-2-5-19;2*13-12(14,15)10-4-3-5-16-11(10)17-6-9-18-7-1-2-8-18;7-5-4(6(8,9)10)2-1-3-11-5;7-3-6-8-4-1-2-5-8/h11-12H,5-10H2,1-4H3,(H,23,24);1-8H3;2*7-8H,1-6H2,(H,17,18);2*3-5H,1-2,6-9H2,(H,16,17);1-3H;1-7H2. The minimum atomic E-state index is -4.65. The van der Waals surface area contributed by atoms with Gasteiger partial charge in [0.25, 0.3) is 0 Å². The third-order valence-corrected chi connectivity index (χ3v) is 26.2. The lowest BCUT2D eigenvalue weighted by Gasteiger charge is -2.32. The van der Waals surface area contributed by atoms with E-state index in [-0.39, 0.29) is 57.0 Å². The monoisotopic (exact) mass is 2110 g/mol. The van der Waals surface area contributed by atoms with Crippen molar-refractivity contribution in [2.24, 2.45) is 5.73 Å². The number of halogens is 21. The van der Waals surface area contributed by atoms with Crippen molar-refractivity contribution in [1.29, 1.82) is 0 Å². The maximum Gasteiger partial charge on any atom is 0.496 e. The number of hydrogen-bond acceptors (Lipinski definition) is 24. The van der Waals surface area contributed by atoms with Crippen molar-refractivity contribution in [2.75, 3.05) is 184 Å². The van der Waals surface area contributed by atoms with E-state index in [0.717, 1.165) is 160 Å². The number of rotatable bonds is 24. The number of alkyl halides is 18. The average molecular weight is 2110 g/mol. The Labute approximate surface area is 814 Å². The van der Waals surface area contributed by atoms with Gasteiger partial charge in [-0.05, 0) is 325 Å². The van der Waals surface area contributed by atoms with E-state index < -0.39 is 109 Å². The highest BCUT2D eigenvalue weighted by Gasteiger charge is 2.64. The van der Waals surface area contributed by atoms with Crippen molar-refractivity contribution in [3.8, 4) is 0 Å². The number of aromatic nitrogens is 6. The molecule has 6 aromatic rings. The first kappa shape index (κ1) is 116. The molecule has 15 heterocycles. The second-order valence-corrected chi connectivity index (χ2v) is 39.3. The van der Waals surface area contributed by atoms with Gasteiger partial charge in [-0.3, -0.25) is 0 Å². The lowest BCUT2D eigenvalue weighted by Crippen LogP contribution is -2.41. The van der Waals surface area contributed by atoms with Crippen molar-refractivity contribution in [1.82, 2.24) is 59.3 Å². The third kappa shape index (κ3) is 36.5. The topological polar surface area (TPSA) is 238 Å². The number of likely N-dealkylation sites (tertiary alicyclic amines) is 6.